The highest BCUT2D eigenvalue weighted by molar-refractivity contribution is 5.30. The second-order valence-corrected chi connectivity index (χ2v) is 4.16. The van der Waals surface area contributed by atoms with Gasteiger partial charge < -0.3 is 9.47 Å². The zero-order valence-electron chi connectivity index (χ0n) is 10.9. The van der Waals surface area contributed by atoms with E-state index in [1.807, 2.05) is 6.07 Å². The lowest BCUT2D eigenvalue weighted by Crippen LogP contribution is -2.28. The quantitative estimate of drug-likeness (QED) is 0.413. The molecule has 1 aromatic carbocycles. The first-order valence-electron chi connectivity index (χ1n) is 6.17. The first kappa shape index (κ1) is 15.8. The van der Waals surface area contributed by atoms with Crippen molar-refractivity contribution in [3.63, 3.8) is 0 Å². The minimum Gasteiger partial charge on any atom is -0.435 e. The van der Waals surface area contributed by atoms with Crippen LogP contribution in [0.4, 0.5) is 8.78 Å². The molecule has 1 atom stereocenters. The van der Waals surface area contributed by atoms with Crippen LogP contribution in [-0.2, 0) is 4.74 Å². The number of rotatable bonds is 9. The van der Waals surface area contributed by atoms with E-state index in [1.165, 1.54) is 6.07 Å². The van der Waals surface area contributed by atoms with E-state index in [0.717, 1.165) is 24.8 Å². The van der Waals surface area contributed by atoms with Gasteiger partial charge in [-0.15, -0.1) is 0 Å². The Kier molecular flexibility index (Phi) is 7.32. The second kappa shape index (κ2) is 8.79. The van der Waals surface area contributed by atoms with Crippen LogP contribution < -0.4 is 16.0 Å². The second-order valence-electron chi connectivity index (χ2n) is 4.16. The summed E-state index contributed by atoms with van der Waals surface area (Å²) in [5, 5.41) is 0. The zero-order chi connectivity index (χ0) is 14.1. The number of benzene rings is 1. The largest absolute Gasteiger partial charge is 0.435 e. The third-order valence-corrected chi connectivity index (χ3v) is 2.78. The minimum absolute atomic E-state index is 0.0851. The molecule has 0 radical (unpaired) electrons. The van der Waals surface area contributed by atoms with Gasteiger partial charge in [0.15, 0.2) is 0 Å². The van der Waals surface area contributed by atoms with Crippen molar-refractivity contribution in [2.24, 2.45) is 5.84 Å². The summed E-state index contributed by atoms with van der Waals surface area (Å²) in [4.78, 5) is 0. The van der Waals surface area contributed by atoms with Gasteiger partial charge in [0.25, 0.3) is 0 Å². The maximum atomic E-state index is 12.1. The highest BCUT2D eigenvalue weighted by atomic mass is 19.3. The fourth-order valence-electron chi connectivity index (χ4n) is 1.85. The standard InChI is InChI=1S/C13H20F2N2O2/c1-18-8-3-2-7-12(17-16)10-5-4-6-11(9-10)19-13(14)15/h4-6,9,12-13,17H,2-3,7-8,16H2,1H3. The lowest BCUT2D eigenvalue weighted by Gasteiger charge is -2.17. The van der Waals surface area contributed by atoms with Crippen molar-refractivity contribution in [1.29, 1.82) is 0 Å². The number of alkyl halides is 2. The number of hydrazine groups is 1. The van der Waals surface area contributed by atoms with Crippen molar-refractivity contribution in [3.05, 3.63) is 29.8 Å². The maximum absolute atomic E-state index is 12.1. The lowest BCUT2D eigenvalue weighted by molar-refractivity contribution is -0.0499. The van der Waals surface area contributed by atoms with Gasteiger partial charge in [0, 0.05) is 19.8 Å². The third-order valence-electron chi connectivity index (χ3n) is 2.78. The van der Waals surface area contributed by atoms with E-state index in [0.29, 0.717) is 6.61 Å². The van der Waals surface area contributed by atoms with E-state index in [-0.39, 0.29) is 11.8 Å². The molecule has 0 aliphatic heterocycles. The fraction of sp³-hybridized carbons (Fsp3) is 0.538. The number of hydrogen-bond donors (Lipinski definition) is 2. The Morgan fingerprint density at radius 1 is 1.32 bits per heavy atom. The highest BCUT2D eigenvalue weighted by Crippen LogP contribution is 2.23. The van der Waals surface area contributed by atoms with Crippen LogP contribution in [0.2, 0.25) is 0 Å². The summed E-state index contributed by atoms with van der Waals surface area (Å²) in [5.41, 5.74) is 3.52. The average Bonchev–Trinajstić information content (AvgIpc) is 2.38. The summed E-state index contributed by atoms with van der Waals surface area (Å²) in [6.07, 6.45) is 2.67. The first-order chi connectivity index (χ1) is 9.17. The van der Waals surface area contributed by atoms with Gasteiger partial charge in [-0.05, 0) is 37.0 Å². The van der Waals surface area contributed by atoms with Crippen LogP contribution in [0.25, 0.3) is 0 Å². The number of hydrogen-bond acceptors (Lipinski definition) is 4. The fourth-order valence-corrected chi connectivity index (χ4v) is 1.85. The van der Waals surface area contributed by atoms with Crippen LogP contribution in [0.3, 0.4) is 0 Å². The van der Waals surface area contributed by atoms with Crippen LogP contribution in [0, 0.1) is 0 Å². The van der Waals surface area contributed by atoms with Gasteiger partial charge in [0.05, 0.1) is 0 Å². The van der Waals surface area contributed by atoms with Gasteiger partial charge in [0.2, 0.25) is 0 Å². The molecule has 0 heterocycles. The average molecular weight is 274 g/mol. The monoisotopic (exact) mass is 274 g/mol. The summed E-state index contributed by atoms with van der Waals surface area (Å²) in [5.74, 6) is 5.64. The molecule has 0 aromatic heterocycles. The van der Waals surface area contributed by atoms with Gasteiger partial charge in [-0.25, -0.2) is 0 Å². The van der Waals surface area contributed by atoms with Crippen molar-refractivity contribution in [3.8, 4) is 5.75 Å². The SMILES string of the molecule is COCCCCC(NN)c1cccc(OC(F)F)c1. The van der Waals surface area contributed by atoms with Crippen LogP contribution in [0.15, 0.2) is 24.3 Å². The summed E-state index contributed by atoms with van der Waals surface area (Å²) >= 11 is 0. The molecule has 1 aromatic rings. The van der Waals surface area contributed by atoms with E-state index in [9.17, 15) is 8.78 Å². The molecule has 0 aliphatic carbocycles. The van der Waals surface area contributed by atoms with E-state index < -0.39 is 6.61 Å². The molecular weight excluding hydrogens is 254 g/mol. The number of methoxy groups -OCH3 is 1. The first-order valence-corrected chi connectivity index (χ1v) is 6.17. The van der Waals surface area contributed by atoms with Crippen molar-refractivity contribution in [2.45, 2.75) is 31.9 Å². The molecule has 0 amide bonds. The zero-order valence-corrected chi connectivity index (χ0v) is 10.9. The molecule has 1 unspecified atom stereocenters. The van der Waals surface area contributed by atoms with Crippen molar-refractivity contribution in [1.82, 2.24) is 5.43 Å². The molecule has 0 fully saturated rings. The van der Waals surface area contributed by atoms with Gasteiger partial charge in [-0.2, -0.15) is 8.78 Å². The third kappa shape index (κ3) is 5.96. The topological polar surface area (TPSA) is 56.5 Å². The normalized spacial score (nSPS) is 12.7. The maximum Gasteiger partial charge on any atom is 0.387 e. The molecule has 0 saturated carbocycles. The van der Waals surface area contributed by atoms with Crippen LogP contribution in [-0.4, -0.2) is 20.3 Å². The predicted octanol–water partition coefficient (Wildman–Crippen LogP) is 2.61. The summed E-state index contributed by atoms with van der Waals surface area (Å²) in [7, 11) is 1.66. The van der Waals surface area contributed by atoms with Gasteiger partial charge in [-0.1, -0.05) is 12.1 Å². The van der Waals surface area contributed by atoms with E-state index >= 15 is 0 Å². The molecule has 108 valence electrons. The minimum atomic E-state index is -2.82. The molecule has 1 rings (SSSR count). The molecule has 0 aliphatic rings. The smallest absolute Gasteiger partial charge is 0.387 e. The predicted molar refractivity (Wildman–Crippen MR) is 68.9 cm³/mol. The Hall–Kier alpha value is -1.24. The summed E-state index contributed by atoms with van der Waals surface area (Å²) < 4.78 is 33.6. The van der Waals surface area contributed by atoms with Crippen molar-refractivity contribution >= 4 is 0 Å². The molecule has 3 N–H and O–H groups in total. The number of nitrogens with one attached hydrogen (secondary N) is 1. The highest BCUT2D eigenvalue weighted by Gasteiger charge is 2.11. The summed E-state index contributed by atoms with van der Waals surface area (Å²) in [6, 6.07) is 6.49. The van der Waals surface area contributed by atoms with Crippen molar-refractivity contribution in [2.75, 3.05) is 13.7 Å². The number of halogens is 2. The molecule has 4 nitrogen and oxygen atoms in total. The molecule has 0 bridgehead atoms. The van der Waals surface area contributed by atoms with E-state index in [4.69, 9.17) is 10.6 Å². The van der Waals surface area contributed by atoms with Crippen LogP contribution >= 0.6 is 0 Å². The Balaban J connectivity index is 2.59. The Morgan fingerprint density at radius 3 is 2.74 bits per heavy atom. The molecule has 0 saturated heterocycles. The van der Waals surface area contributed by atoms with Crippen molar-refractivity contribution < 1.29 is 18.3 Å². The van der Waals surface area contributed by atoms with Gasteiger partial charge in [0.1, 0.15) is 5.75 Å². The summed E-state index contributed by atoms with van der Waals surface area (Å²) in [6.45, 7) is -2.12. The molecule has 0 spiro atoms. The van der Waals surface area contributed by atoms with E-state index in [2.05, 4.69) is 10.2 Å². The molecule has 6 heteroatoms. The van der Waals surface area contributed by atoms with Crippen LogP contribution in [0.5, 0.6) is 5.75 Å². The van der Waals surface area contributed by atoms with Crippen LogP contribution in [0.1, 0.15) is 30.9 Å². The van der Waals surface area contributed by atoms with Gasteiger partial charge >= 0.3 is 6.61 Å². The number of nitrogens with two attached hydrogens (primary N) is 1. The Labute approximate surface area is 111 Å². The van der Waals surface area contributed by atoms with Gasteiger partial charge in [-0.3, -0.25) is 11.3 Å². The number of ether oxygens (including phenoxy) is 2. The molecular formula is C13H20F2N2O2. The molecule has 19 heavy (non-hydrogen) atoms. The lowest BCUT2D eigenvalue weighted by atomic mass is 10.0. The number of unbranched alkanes of at least 4 members (excludes halogenated alkanes) is 1. The Morgan fingerprint density at radius 2 is 2.11 bits per heavy atom. The van der Waals surface area contributed by atoms with E-state index in [1.54, 1.807) is 19.2 Å². The Bertz CT molecular complexity index is 364.